The van der Waals surface area contributed by atoms with Gasteiger partial charge in [-0.05, 0) is 18.9 Å². The Morgan fingerprint density at radius 1 is 1.21 bits per heavy atom. The molecular formula is C13H17BrN4O. The standard InChI is InChI=1S/C13H17BrN4O/c14-10-8-12(19)18(9-10)11-2-6-17(7-3-11)13-15-4-1-5-16-13/h1,4-5,10-11H,2-3,6-9H2. The van der Waals surface area contributed by atoms with E-state index in [4.69, 9.17) is 0 Å². The second-order valence-corrected chi connectivity index (χ2v) is 6.41. The zero-order valence-electron chi connectivity index (χ0n) is 10.7. The Kier molecular flexibility index (Phi) is 3.68. The van der Waals surface area contributed by atoms with Gasteiger partial charge >= 0.3 is 0 Å². The first kappa shape index (κ1) is 12.8. The molecule has 0 saturated carbocycles. The van der Waals surface area contributed by atoms with Crippen LogP contribution in [0.1, 0.15) is 19.3 Å². The summed E-state index contributed by atoms with van der Waals surface area (Å²) in [4.78, 5) is 25.0. The minimum atomic E-state index is 0.288. The molecule has 2 fully saturated rings. The van der Waals surface area contributed by atoms with Gasteiger partial charge in [-0.1, -0.05) is 15.9 Å². The lowest BCUT2D eigenvalue weighted by Gasteiger charge is -2.36. The summed E-state index contributed by atoms with van der Waals surface area (Å²) in [6.45, 7) is 2.70. The molecule has 1 aromatic heterocycles. The van der Waals surface area contributed by atoms with Crippen LogP contribution in [0.4, 0.5) is 5.95 Å². The molecule has 2 aliphatic rings. The topological polar surface area (TPSA) is 49.3 Å². The first-order chi connectivity index (χ1) is 9.24. The highest BCUT2D eigenvalue weighted by Gasteiger charge is 2.34. The fraction of sp³-hybridized carbons (Fsp3) is 0.615. The normalized spacial score (nSPS) is 25.1. The lowest BCUT2D eigenvalue weighted by molar-refractivity contribution is -0.130. The van der Waals surface area contributed by atoms with E-state index in [9.17, 15) is 4.79 Å². The Morgan fingerprint density at radius 3 is 2.47 bits per heavy atom. The largest absolute Gasteiger partial charge is 0.341 e. The van der Waals surface area contributed by atoms with Gasteiger partial charge in [-0.15, -0.1) is 0 Å². The van der Waals surface area contributed by atoms with Crippen LogP contribution in [0.3, 0.4) is 0 Å². The van der Waals surface area contributed by atoms with Gasteiger partial charge in [0.2, 0.25) is 11.9 Å². The summed E-state index contributed by atoms with van der Waals surface area (Å²) in [7, 11) is 0. The molecular weight excluding hydrogens is 308 g/mol. The van der Waals surface area contributed by atoms with Gasteiger partial charge in [-0.25, -0.2) is 9.97 Å². The molecule has 1 unspecified atom stereocenters. The lowest BCUT2D eigenvalue weighted by Crippen LogP contribution is -2.46. The fourth-order valence-electron chi connectivity index (χ4n) is 2.87. The van der Waals surface area contributed by atoms with Gasteiger partial charge in [-0.3, -0.25) is 4.79 Å². The molecule has 102 valence electrons. The summed E-state index contributed by atoms with van der Waals surface area (Å²) < 4.78 is 0. The van der Waals surface area contributed by atoms with Gasteiger partial charge in [-0.2, -0.15) is 0 Å². The van der Waals surface area contributed by atoms with Crippen LogP contribution in [0, 0.1) is 0 Å². The number of halogens is 1. The van der Waals surface area contributed by atoms with Crippen LogP contribution >= 0.6 is 15.9 Å². The van der Waals surface area contributed by atoms with Crippen molar-refractivity contribution in [2.75, 3.05) is 24.5 Å². The molecule has 0 radical (unpaired) electrons. The minimum Gasteiger partial charge on any atom is -0.341 e. The van der Waals surface area contributed by atoms with Crippen molar-refractivity contribution in [3.63, 3.8) is 0 Å². The van der Waals surface area contributed by atoms with E-state index in [0.29, 0.717) is 17.3 Å². The molecule has 1 aromatic rings. The number of nitrogens with zero attached hydrogens (tertiary/aromatic N) is 4. The molecule has 19 heavy (non-hydrogen) atoms. The highest BCUT2D eigenvalue weighted by Crippen LogP contribution is 2.26. The Bertz CT molecular complexity index is 447. The van der Waals surface area contributed by atoms with Crippen molar-refractivity contribution >= 4 is 27.8 Å². The van der Waals surface area contributed by atoms with Crippen LogP contribution < -0.4 is 4.90 Å². The summed E-state index contributed by atoms with van der Waals surface area (Å²) in [6, 6.07) is 2.21. The SMILES string of the molecule is O=C1CC(Br)CN1C1CCN(c2ncccn2)CC1. The van der Waals surface area contributed by atoms with Gasteiger partial charge in [0, 0.05) is 49.3 Å². The third kappa shape index (κ3) is 2.73. The Morgan fingerprint density at radius 2 is 1.89 bits per heavy atom. The number of anilines is 1. The van der Waals surface area contributed by atoms with Crippen LogP contribution in [-0.2, 0) is 4.79 Å². The van der Waals surface area contributed by atoms with Crippen molar-refractivity contribution in [1.82, 2.24) is 14.9 Å². The highest BCUT2D eigenvalue weighted by molar-refractivity contribution is 9.09. The summed E-state index contributed by atoms with van der Waals surface area (Å²) >= 11 is 3.54. The third-order valence-corrected chi connectivity index (χ3v) is 4.46. The van der Waals surface area contributed by atoms with E-state index in [0.717, 1.165) is 38.4 Å². The molecule has 0 bridgehead atoms. The average molecular weight is 325 g/mol. The van der Waals surface area contributed by atoms with Crippen molar-refractivity contribution in [3.8, 4) is 0 Å². The first-order valence-corrected chi connectivity index (χ1v) is 7.61. The first-order valence-electron chi connectivity index (χ1n) is 6.69. The van der Waals surface area contributed by atoms with Crippen molar-refractivity contribution < 1.29 is 4.79 Å². The number of piperidine rings is 1. The zero-order valence-corrected chi connectivity index (χ0v) is 12.3. The van der Waals surface area contributed by atoms with E-state index >= 15 is 0 Å². The molecule has 0 spiro atoms. The molecule has 1 amide bonds. The number of alkyl halides is 1. The van der Waals surface area contributed by atoms with Gasteiger partial charge in [0.1, 0.15) is 0 Å². The van der Waals surface area contributed by atoms with E-state index in [1.807, 2.05) is 11.0 Å². The number of carbonyl (C=O) groups is 1. The maximum absolute atomic E-state index is 11.9. The monoisotopic (exact) mass is 324 g/mol. The van der Waals surface area contributed by atoms with Gasteiger partial charge in [0.05, 0.1) is 0 Å². The van der Waals surface area contributed by atoms with E-state index in [2.05, 4.69) is 30.8 Å². The van der Waals surface area contributed by atoms with Gasteiger partial charge in [0.15, 0.2) is 0 Å². The Labute approximate surface area is 121 Å². The average Bonchev–Trinajstić information content (AvgIpc) is 2.79. The fourth-order valence-corrected chi connectivity index (χ4v) is 3.46. The molecule has 3 heterocycles. The number of hydrogen-bond acceptors (Lipinski definition) is 4. The Hall–Kier alpha value is -1.17. The molecule has 1 atom stereocenters. The van der Waals surface area contributed by atoms with E-state index in [1.165, 1.54) is 0 Å². The second kappa shape index (κ2) is 5.45. The van der Waals surface area contributed by atoms with Gasteiger partial charge < -0.3 is 9.80 Å². The molecule has 2 saturated heterocycles. The van der Waals surface area contributed by atoms with E-state index in [1.54, 1.807) is 12.4 Å². The van der Waals surface area contributed by atoms with Crippen LogP contribution in [0.25, 0.3) is 0 Å². The van der Waals surface area contributed by atoms with Crippen molar-refractivity contribution in [2.45, 2.75) is 30.1 Å². The summed E-state index contributed by atoms with van der Waals surface area (Å²) in [5.74, 6) is 1.09. The number of hydrogen-bond donors (Lipinski definition) is 0. The predicted octanol–water partition coefficient (Wildman–Crippen LogP) is 1.44. The Balaban J connectivity index is 1.59. The maximum Gasteiger partial charge on any atom is 0.225 e. The molecule has 3 rings (SSSR count). The summed E-state index contributed by atoms with van der Waals surface area (Å²) in [6.07, 6.45) is 6.19. The maximum atomic E-state index is 11.9. The zero-order chi connectivity index (χ0) is 13.2. The van der Waals surface area contributed by atoms with Crippen LogP contribution in [0.2, 0.25) is 0 Å². The summed E-state index contributed by atoms with van der Waals surface area (Å²) in [5, 5.41) is 0. The quantitative estimate of drug-likeness (QED) is 0.772. The van der Waals surface area contributed by atoms with Crippen LogP contribution in [0.5, 0.6) is 0 Å². The van der Waals surface area contributed by atoms with Crippen molar-refractivity contribution in [3.05, 3.63) is 18.5 Å². The molecule has 5 nitrogen and oxygen atoms in total. The number of amides is 1. The highest BCUT2D eigenvalue weighted by atomic mass is 79.9. The van der Waals surface area contributed by atoms with Gasteiger partial charge in [0.25, 0.3) is 0 Å². The predicted molar refractivity (Wildman–Crippen MR) is 76.3 cm³/mol. The molecule has 6 heteroatoms. The molecule has 2 aliphatic heterocycles. The molecule has 0 aliphatic carbocycles. The molecule has 0 N–H and O–H groups in total. The second-order valence-electron chi connectivity index (χ2n) is 5.11. The lowest BCUT2D eigenvalue weighted by atomic mass is 10.0. The number of rotatable bonds is 2. The van der Waals surface area contributed by atoms with E-state index in [-0.39, 0.29) is 5.91 Å². The number of likely N-dealkylation sites (tertiary alicyclic amines) is 1. The van der Waals surface area contributed by atoms with Crippen LogP contribution in [-0.4, -0.2) is 51.3 Å². The number of aromatic nitrogens is 2. The van der Waals surface area contributed by atoms with E-state index < -0.39 is 0 Å². The van der Waals surface area contributed by atoms with Crippen molar-refractivity contribution in [2.24, 2.45) is 0 Å². The number of carbonyl (C=O) groups excluding carboxylic acids is 1. The van der Waals surface area contributed by atoms with Crippen molar-refractivity contribution in [1.29, 1.82) is 0 Å². The smallest absolute Gasteiger partial charge is 0.225 e. The van der Waals surface area contributed by atoms with Crippen LogP contribution in [0.15, 0.2) is 18.5 Å². The minimum absolute atomic E-state index is 0.288. The molecule has 0 aromatic carbocycles. The summed E-state index contributed by atoms with van der Waals surface area (Å²) in [5.41, 5.74) is 0. The third-order valence-electron chi connectivity index (χ3n) is 3.85.